The number of halogens is 2. The van der Waals surface area contributed by atoms with E-state index in [4.69, 9.17) is 9.47 Å². The molecule has 0 saturated heterocycles. The van der Waals surface area contributed by atoms with Crippen molar-refractivity contribution in [3.8, 4) is 28.5 Å². The Balaban J connectivity index is 2.21. The zero-order valence-corrected chi connectivity index (χ0v) is 20.9. The van der Waals surface area contributed by atoms with E-state index in [0.29, 0.717) is 21.5 Å². The molecular weight excluding hydrogens is 534 g/mol. The van der Waals surface area contributed by atoms with Crippen LogP contribution in [0.15, 0.2) is 54.8 Å². The van der Waals surface area contributed by atoms with Crippen LogP contribution in [0.2, 0.25) is 0 Å². The van der Waals surface area contributed by atoms with Crippen LogP contribution in [0, 0.1) is 0 Å². The van der Waals surface area contributed by atoms with E-state index in [1.165, 1.54) is 11.3 Å². The number of benzene rings is 2. The molecule has 0 fully saturated rings. The minimum absolute atomic E-state index is 0.0959. The highest BCUT2D eigenvalue weighted by Crippen LogP contribution is 2.34. The first-order chi connectivity index (χ1) is 14.3. The maximum atomic E-state index is 10.4. The first-order valence-corrected chi connectivity index (χ1v) is 11.5. The Kier molecular flexibility index (Phi) is 7.38. The van der Waals surface area contributed by atoms with Gasteiger partial charge in [0.2, 0.25) is 4.80 Å². The van der Waals surface area contributed by atoms with Gasteiger partial charge in [0, 0.05) is 27.0 Å². The second kappa shape index (κ2) is 9.80. The molecule has 30 heavy (non-hydrogen) atoms. The summed E-state index contributed by atoms with van der Waals surface area (Å²) in [6, 6.07) is 9.27. The lowest BCUT2D eigenvalue weighted by Crippen LogP contribution is -2.14. The van der Waals surface area contributed by atoms with Gasteiger partial charge in [-0.3, -0.25) is 4.99 Å². The van der Waals surface area contributed by atoms with Crippen LogP contribution in [0.3, 0.4) is 0 Å². The number of aromatic nitrogens is 1. The van der Waals surface area contributed by atoms with Crippen LogP contribution in [0.1, 0.15) is 19.4 Å². The fourth-order valence-electron chi connectivity index (χ4n) is 2.73. The van der Waals surface area contributed by atoms with Gasteiger partial charge in [-0.25, -0.2) is 4.68 Å². The molecule has 0 saturated carbocycles. The van der Waals surface area contributed by atoms with Crippen molar-refractivity contribution >= 4 is 49.4 Å². The average molecular weight is 555 g/mol. The Morgan fingerprint density at radius 3 is 2.57 bits per heavy atom. The Labute approximate surface area is 195 Å². The fourth-order valence-corrected chi connectivity index (χ4v) is 4.94. The van der Waals surface area contributed by atoms with E-state index in [1.54, 1.807) is 37.2 Å². The molecule has 2 aromatic carbocycles. The van der Waals surface area contributed by atoms with Gasteiger partial charge in [-0.2, -0.15) is 5.10 Å². The number of nitrogens with zero attached hydrogens (tertiary/aromatic N) is 3. The Morgan fingerprint density at radius 1 is 1.13 bits per heavy atom. The lowest BCUT2D eigenvalue weighted by molar-refractivity contribution is 0.404. The summed E-state index contributed by atoms with van der Waals surface area (Å²) in [7, 11) is 3.25. The van der Waals surface area contributed by atoms with Crippen molar-refractivity contribution < 1.29 is 14.6 Å². The largest absolute Gasteiger partial charge is 0.506 e. The van der Waals surface area contributed by atoms with Crippen LogP contribution in [0.5, 0.6) is 17.2 Å². The molecule has 0 radical (unpaired) electrons. The van der Waals surface area contributed by atoms with E-state index in [1.807, 2.05) is 37.4 Å². The molecule has 3 rings (SSSR count). The van der Waals surface area contributed by atoms with Gasteiger partial charge in [0.1, 0.15) is 17.2 Å². The standard InChI is InChI=1S/C21H21Br2N3O3S/c1-12(2)25-21-26(24-10-13-7-14(22)8-17(23)20(13)27)18(11-30-21)16-9-15(28-3)5-6-19(16)29-4/h5-12,27H,1-4H3. The van der Waals surface area contributed by atoms with Crippen molar-refractivity contribution in [3.63, 3.8) is 0 Å². The zero-order chi connectivity index (χ0) is 21.8. The van der Waals surface area contributed by atoms with Crippen molar-refractivity contribution in [2.75, 3.05) is 14.2 Å². The van der Waals surface area contributed by atoms with E-state index in [0.717, 1.165) is 20.5 Å². The molecule has 1 N–H and O–H groups in total. The third-order valence-corrected chi connectivity index (χ3v) is 6.00. The lowest BCUT2D eigenvalue weighted by Gasteiger charge is -2.11. The Bertz CT molecular complexity index is 1150. The van der Waals surface area contributed by atoms with Crippen LogP contribution >= 0.6 is 43.2 Å². The van der Waals surface area contributed by atoms with Crippen LogP contribution < -0.4 is 14.3 Å². The molecule has 0 aliphatic rings. The molecule has 0 aliphatic carbocycles. The monoisotopic (exact) mass is 553 g/mol. The van der Waals surface area contributed by atoms with Crippen LogP contribution in [-0.2, 0) is 0 Å². The molecule has 0 aliphatic heterocycles. The Morgan fingerprint density at radius 2 is 1.90 bits per heavy atom. The minimum atomic E-state index is 0.0959. The quantitative estimate of drug-likeness (QED) is 0.400. The number of methoxy groups -OCH3 is 2. The van der Waals surface area contributed by atoms with Crippen LogP contribution in [0.25, 0.3) is 11.3 Å². The number of phenolic OH excluding ortho intramolecular Hbond substituents is 1. The van der Waals surface area contributed by atoms with Gasteiger partial charge in [0.15, 0.2) is 0 Å². The fraction of sp³-hybridized carbons (Fsp3) is 0.238. The molecule has 1 aromatic heterocycles. The molecule has 0 spiro atoms. The topological polar surface area (TPSA) is 68.3 Å². The average Bonchev–Trinajstić information content (AvgIpc) is 3.10. The molecule has 0 amide bonds. The van der Waals surface area contributed by atoms with Crippen LogP contribution in [0.4, 0.5) is 0 Å². The lowest BCUT2D eigenvalue weighted by atomic mass is 10.1. The molecule has 9 heteroatoms. The molecular formula is C21H21Br2N3O3S. The highest BCUT2D eigenvalue weighted by molar-refractivity contribution is 9.11. The first kappa shape index (κ1) is 22.6. The zero-order valence-electron chi connectivity index (χ0n) is 16.9. The third-order valence-electron chi connectivity index (χ3n) is 4.11. The SMILES string of the molecule is COc1ccc(OC)c(-c2csc(=NC(C)C)n2N=Cc2cc(Br)cc(Br)c2O)c1. The number of thiazole rings is 1. The van der Waals surface area contributed by atoms with Gasteiger partial charge >= 0.3 is 0 Å². The van der Waals surface area contributed by atoms with Gasteiger partial charge in [-0.1, -0.05) is 15.9 Å². The van der Waals surface area contributed by atoms with E-state index in [-0.39, 0.29) is 11.8 Å². The van der Waals surface area contributed by atoms with Crippen molar-refractivity contribution in [3.05, 3.63) is 55.0 Å². The minimum Gasteiger partial charge on any atom is -0.506 e. The second-order valence-electron chi connectivity index (χ2n) is 6.57. The maximum absolute atomic E-state index is 10.4. The first-order valence-electron chi connectivity index (χ1n) is 9.03. The van der Waals surface area contributed by atoms with Crippen molar-refractivity contribution in [2.45, 2.75) is 19.9 Å². The third kappa shape index (κ3) is 4.96. The maximum Gasteiger partial charge on any atom is 0.206 e. The summed E-state index contributed by atoms with van der Waals surface area (Å²) in [5.41, 5.74) is 2.20. The van der Waals surface area contributed by atoms with Gasteiger partial charge in [-0.15, -0.1) is 11.3 Å². The number of rotatable bonds is 6. The van der Waals surface area contributed by atoms with Gasteiger partial charge in [-0.05, 0) is 60.1 Å². The number of aromatic hydroxyl groups is 1. The number of phenols is 1. The predicted octanol–water partition coefficient (Wildman–Crippen LogP) is 5.66. The highest BCUT2D eigenvalue weighted by atomic mass is 79.9. The summed E-state index contributed by atoms with van der Waals surface area (Å²) in [5.74, 6) is 1.52. The number of hydrogen-bond acceptors (Lipinski definition) is 6. The predicted molar refractivity (Wildman–Crippen MR) is 128 cm³/mol. The molecule has 6 nitrogen and oxygen atoms in total. The van der Waals surface area contributed by atoms with Gasteiger partial charge < -0.3 is 14.6 Å². The summed E-state index contributed by atoms with van der Waals surface area (Å²) in [6.45, 7) is 4.02. The molecule has 0 atom stereocenters. The van der Waals surface area contributed by atoms with E-state index >= 15 is 0 Å². The highest BCUT2D eigenvalue weighted by Gasteiger charge is 2.15. The van der Waals surface area contributed by atoms with Crippen molar-refractivity contribution in [1.82, 2.24) is 4.68 Å². The smallest absolute Gasteiger partial charge is 0.206 e. The summed E-state index contributed by atoms with van der Waals surface area (Å²) in [6.07, 6.45) is 1.60. The van der Waals surface area contributed by atoms with Gasteiger partial charge in [0.05, 0.1) is 30.6 Å². The van der Waals surface area contributed by atoms with Crippen molar-refractivity contribution in [1.29, 1.82) is 0 Å². The van der Waals surface area contributed by atoms with Crippen LogP contribution in [-0.4, -0.2) is 36.3 Å². The van der Waals surface area contributed by atoms with Crippen molar-refractivity contribution in [2.24, 2.45) is 10.1 Å². The number of ether oxygens (including phenoxy) is 2. The van der Waals surface area contributed by atoms with Gasteiger partial charge in [0.25, 0.3) is 0 Å². The van der Waals surface area contributed by atoms with E-state index in [9.17, 15) is 5.11 Å². The summed E-state index contributed by atoms with van der Waals surface area (Å²) in [4.78, 5) is 5.42. The second-order valence-corrected chi connectivity index (χ2v) is 9.18. The van der Waals surface area contributed by atoms with E-state index in [2.05, 4.69) is 42.0 Å². The molecule has 158 valence electrons. The normalized spacial score (nSPS) is 12.2. The molecule has 0 unspecified atom stereocenters. The summed E-state index contributed by atoms with van der Waals surface area (Å²) < 4.78 is 14.1. The molecule has 1 heterocycles. The summed E-state index contributed by atoms with van der Waals surface area (Å²) >= 11 is 8.28. The Hall–Kier alpha value is -2.10. The summed E-state index contributed by atoms with van der Waals surface area (Å²) in [5, 5.41) is 17.0. The number of hydrogen-bond donors (Lipinski definition) is 1. The molecule has 0 bridgehead atoms. The molecule has 3 aromatic rings. The van der Waals surface area contributed by atoms with E-state index < -0.39 is 0 Å².